The number of hydrogen-bond donors (Lipinski definition) is 1. The number of tetrazole rings is 1. The van der Waals surface area contributed by atoms with Crippen LogP contribution in [0.1, 0.15) is 37.3 Å². The van der Waals surface area contributed by atoms with Gasteiger partial charge in [0.15, 0.2) is 0 Å². The number of amides is 1. The van der Waals surface area contributed by atoms with Crippen molar-refractivity contribution in [2.75, 3.05) is 12.3 Å². The number of rotatable bonds is 7. The SMILES string of the molecule is O=C(CSc1nnnn1C1CCCC1)NCCc1ccc(Cl)cc1. The lowest BCUT2D eigenvalue weighted by Gasteiger charge is -2.10. The smallest absolute Gasteiger partial charge is 0.230 e. The molecule has 0 spiro atoms. The van der Waals surface area contributed by atoms with Gasteiger partial charge in [0.05, 0.1) is 11.8 Å². The second kappa shape index (κ2) is 8.48. The summed E-state index contributed by atoms with van der Waals surface area (Å²) in [5, 5.41) is 16.3. The fourth-order valence-corrected chi connectivity index (χ4v) is 3.74. The van der Waals surface area contributed by atoms with Gasteiger partial charge >= 0.3 is 0 Å². The van der Waals surface area contributed by atoms with Crippen LogP contribution < -0.4 is 5.32 Å². The van der Waals surface area contributed by atoms with E-state index >= 15 is 0 Å². The molecule has 2 aromatic rings. The normalized spacial score (nSPS) is 14.9. The highest BCUT2D eigenvalue weighted by Gasteiger charge is 2.21. The fraction of sp³-hybridized carbons (Fsp3) is 0.500. The monoisotopic (exact) mass is 365 g/mol. The average Bonchev–Trinajstić information content (AvgIpc) is 3.25. The first-order valence-corrected chi connectivity index (χ1v) is 9.50. The van der Waals surface area contributed by atoms with Gasteiger partial charge in [0.25, 0.3) is 0 Å². The molecule has 1 saturated carbocycles. The fourth-order valence-electron chi connectivity index (χ4n) is 2.84. The molecule has 6 nitrogen and oxygen atoms in total. The van der Waals surface area contributed by atoms with E-state index in [2.05, 4.69) is 20.8 Å². The van der Waals surface area contributed by atoms with Gasteiger partial charge in [0.1, 0.15) is 0 Å². The van der Waals surface area contributed by atoms with Crippen molar-refractivity contribution in [3.8, 4) is 0 Å². The van der Waals surface area contributed by atoms with Crippen molar-refractivity contribution in [2.24, 2.45) is 0 Å². The molecule has 8 heteroatoms. The summed E-state index contributed by atoms with van der Waals surface area (Å²) < 4.78 is 1.87. The highest BCUT2D eigenvalue weighted by atomic mass is 35.5. The number of nitrogens with zero attached hydrogens (tertiary/aromatic N) is 4. The maximum atomic E-state index is 12.0. The number of carbonyl (C=O) groups is 1. The van der Waals surface area contributed by atoms with Crippen molar-refractivity contribution in [3.05, 3.63) is 34.9 Å². The lowest BCUT2D eigenvalue weighted by Crippen LogP contribution is -2.27. The minimum atomic E-state index is -0.00469. The Kier molecular flexibility index (Phi) is 6.09. The number of aromatic nitrogens is 4. The lowest BCUT2D eigenvalue weighted by atomic mass is 10.1. The van der Waals surface area contributed by atoms with Crippen LogP contribution in [-0.4, -0.2) is 38.4 Å². The minimum Gasteiger partial charge on any atom is -0.355 e. The molecule has 1 fully saturated rings. The second-order valence-electron chi connectivity index (χ2n) is 5.86. The van der Waals surface area contributed by atoms with Crippen LogP contribution in [0.25, 0.3) is 0 Å². The van der Waals surface area contributed by atoms with Crippen LogP contribution in [0.3, 0.4) is 0 Å². The summed E-state index contributed by atoms with van der Waals surface area (Å²) in [6, 6.07) is 8.04. The maximum Gasteiger partial charge on any atom is 0.230 e. The van der Waals surface area contributed by atoms with Crippen molar-refractivity contribution >= 4 is 29.3 Å². The standard InChI is InChI=1S/C16H20ClN5OS/c17-13-7-5-12(6-8-13)9-10-18-15(23)11-24-16-19-20-21-22(16)14-3-1-2-4-14/h5-8,14H,1-4,9-11H2,(H,18,23). The largest absolute Gasteiger partial charge is 0.355 e. The maximum absolute atomic E-state index is 12.0. The van der Waals surface area contributed by atoms with E-state index < -0.39 is 0 Å². The van der Waals surface area contributed by atoms with Crippen molar-refractivity contribution in [2.45, 2.75) is 43.3 Å². The zero-order valence-electron chi connectivity index (χ0n) is 13.3. The van der Waals surface area contributed by atoms with Gasteiger partial charge in [-0.15, -0.1) is 5.10 Å². The van der Waals surface area contributed by atoms with Gasteiger partial charge in [0.2, 0.25) is 11.1 Å². The Hall–Kier alpha value is -1.60. The van der Waals surface area contributed by atoms with Crippen molar-refractivity contribution in [1.29, 1.82) is 0 Å². The molecule has 0 bridgehead atoms. The highest BCUT2D eigenvalue weighted by Crippen LogP contribution is 2.31. The molecule has 128 valence electrons. The van der Waals surface area contributed by atoms with Crippen LogP contribution in [-0.2, 0) is 11.2 Å². The van der Waals surface area contributed by atoms with E-state index in [0.717, 1.165) is 35.0 Å². The van der Waals surface area contributed by atoms with Crippen LogP contribution in [0.2, 0.25) is 5.02 Å². The van der Waals surface area contributed by atoms with Gasteiger partial charge in [0, 0.05) is 11.6 Å². The summed E-state index contributed by atoms with van der Waals surface area (Å²) >= 11 is 7.25. The zero-order valence-corrected chi connectivity index (χ0v) is 14.9. The molecule has 0 atom stereocenters. The van der Waals surface area contributed by atoms with Crippen LogP contribution in [0, 0.1) is 0 Å². The predicted molar refractivity (Wildman–Crippen MR) is 94.2 cm³/mol. The second-order valence-corrected chi connectivity index (χ2v) is 7.24. The first kappa shape index (κ1) is 17.2. The Balaban J connectivity index is 1.41. The van der Waals surface area contributed by atoms with Crippen molar-refractivity contribution < 1.29 is 4.79 Å². The average molecular weight is 366 g/mol. The summed E-state index contributed by atoms with van der Waals surface area (Å²) in [4.78, 5) is 12.0. The van der Waals surface area contributed by atoms with E-state index in [1.807, 2.05) is 28.9 Å². The third-order valence-corrected chi connectivity index (χ3v) is 5.30. The molecule has 1 aliphatic carbocycles. The Morgan fingerprint density at radius 3 is 2.79 bits per heavy atom. The van der Waals surface area contributed by atoms with Crippen LogP contribution >= 0.6 is 23.4 Å². The van der Waals surface area contributed by atoms with Gasteiger partial charge in [-0.3, -0.25) is 4.79 Å². The van der Waals surface area contributed by atoms with Gasteiger partial charge in [-0.1, -0.05) is 48.3 Å². The molecule has 0 unspecified atom stereocenters. The Bertz CT molecular complexity index is 669. The van der Waals surface area contributed by atoms with E-state index in [4.69, 9.17) is 11.6 Å². The lowest BCUT2D eigenvalue weighted by molar-refractivity contribution is -0.118. The first-order chi connectivity index (χ1) is 11.7. The summed E-state index contributed by atoms with van der Waals surface area (Å²) in [5.41, 5.74) is 1.15. The first-order valence-electron chi connectivity index (χ1n) is 8.14. The molecule has 1 amide bonds. The van der Waals surface area contributed by atoms with Gasteiger partial charge in [-0.25, -0.2) is 4.68 Å². The molecule has 1 aromatic heterocycles. The molecule has 1 aliphatic rings. The third kappa shape index (κ3) is 4.70. The number of hydrogen-bond acceptors (Lipinski definition) is 5. The Labute approximate surface area is 150 Å². The van der Waals surface area contributed by atoms with E-state index in [0.29, 0.717) is 18.3 Å². The molecule has 1 N–H and O–H groups in total. The van der Waals surface area contributed by atoms with E-state index in [-0.39, 0.29) is 5.91 Å². The summed E-state index contributed by atoms with van der Waals surface area (Å²) in [7, 11) is 0. The topological polar surface area (TPSA) is 72.7 Å². The summed E-state index contributed by atoms with van der Waals surface area (Å²) in [6.07, 6.45) is 5.46. The van der Waals surface area contributed by atoms with Crippen molar-refractivity contribution in [1.82, 2.24) is 25.5 Å². The molecule has 0 aliphatic heterocycles. The predicted octanol–water partition coefficient (Wildman–Crippen LogP) is 2.89. The number of carbonyl (C=O) groups excluding carboxylic acids is 1. The quantitative estimate of drug-likeness (QED) is 0.764. The van der Waals surface area contributed by atoms with Gasteiger partial charge in [-0.2, -0.15) is 0 Å². The number of halogens is 1. The van der Waals surface area contributed by atoms with Crippen molar-refractivity contribution in [3.63, 3.8) is 0 Å². The highest BCUT2D eigenvalue weighted by molar-refractivity contribution is 7.99. The number of nitrogens with one attached hydrogen (secondary N) is 1. The molecule has 1 aromatic carbocycles. The van der Waals surface area contributed by atoms with Crippen LogP contribution in [0.15, 0.2) is 29.4 Å². The molecule has 24 heavy (non-hydrogen) atoms. The van der Waals surface area contributed by atoms with Crippen LogP contribution in [0.5, 0.6) is 0 Å². The number of benzene rings is 1. The van der Waals surface area contributed by atoms with E-state index in [1.54, 1.807) is 0 Å². The third-order valence-electron chi connectivity index (χ3n) is 4.11. The van der Waals surface area contributed by atoms with E-state index in [1.165, 1.54) is 24.6 Å². The number of thioether (sulfide) groups is 1. The molecular weight excluding hydrogens is 346 g/mol. The minimum absolute atomic E-state index is 0.00469. The zero-order chi connectivity index (χ0) is 16.8. The molecular formula is C16H20ClN5OS. The summed E-state index contributed by atoms with van der Waals surface area (Å²) in [6.45, 7) is 0.606. The molecule has 0 saturated heterocycles. The van der Waals surface area contributed by atoms with E-state index in [9.17, 15) is 4.79 Å². The van der Waals surface area contributed by atoms with Gasteiger partial charge in [-0.05, 0) is 47.4 Å². The molecule has 0 radical (unpaired) electrons. The van der Waals surface area contributed by atoms with Crippen LogP contribution in [0.4, 0.5) is 0 Å². The molecule has 3 rings (SSSR count). The Morgan fingerprint density at radius 1 is 1.29 bits per heavy atom. The molecule has 1 heterocycles. The van der Waals surface area contributed by atoms with Gasteiger partial charge < -0.3 is 5.32 Å². The Morgan fingerprint density at radius 2 is 2.04 bits per heavy atom. The summed E-state index contributed by atoms with van der Waals surface area (Å²) in [5.74, 6) is 0.322.